The first-order valence-corrected chi connectivity index (χ1v) is 14.0. The van der Waals surface area contributed by atoms with Crippen molar-refractivity contribution in [3.05, 3.63) is 89.4 Å². The van der Waals surface area contributed by atoms with Crippen LogP contribution >= 0.6 is 0 Å². The van der Waals surface area contributed by atoms with Crippen molar-refractivity contribution >= 4 is 40.5 Å². The summed E-state index contributed by atoms with van der Waals surface area (Å²) in [4.78, 5) is 48.0. The van der Waals surface area contributed by atoms with E-state index in [0.29, 0.717) is 45.2 Å². The number of nitrogens with one attached hydrogen (secondary N) is 2. The standard InChI is InChI=1S/C32H27N7O6/c1-18(2)23-12-19(14-33)13-24-27(23)43-30(38-24)21-6-4-20(5-7-21)28(40)35-16-32(3)17-39(31(42)44-32)26-9-8-22(15-34-26)37-29(41)25-10-11-36-45-25/h4-13,15,18H,16-17H2,1-3H3,(H,35,40)(H,37,41). The smallest absolute Gasteiger partial charge is 0.416 e. The minimum Gasteiger partial charge on any atom is -0.439 e. The zero-order valence-electron chi connectivity index (χ0n) is 24.5. The highest BCUT2D eigenvalue weighted by Crippen LogP contribution is 2.32. The fraction of sp³-hybridized carbons (Fsp3) is 0.219. The fourth-order valence-electron chi connectivity index (χ4n) is 4.92. The van der Waals surface area contributed by atoms with Gasteiger partial charge in [0, 0.05) is 22.8 Å². The van der Waals surface area contributed by atoms with Gasteiger partial charge in [0.25, 0.3) is 11.8 Å². The molecule has 0 saturated carbocycles. The first-order valence-electron chi connectivity index (χ1n) is 14.0. The maximum atomic E-state index is 13.0. The molecule has 0 radical (unpaired) electrons. The summed E-state index contributed by atoms with van der Waals surface area (Å²) in [6.07, 6.45) is 2.16. The molecule has 45 heavy (non-hydrogen) atoms. The van der Waals surface area contributed by atoms with E-state index >= 15 is 0 Å². The third kappa shape index (κ3) is 5.94. The van der Waals surface area contributed by atoms with Crippen molar-refractivity contribution in [1.82, 2.24) is 20.4 Å². The molecular weight excluding hydrogens is 578 g/mol. The predicted octanol–water partition coefficient (Wildman–Crippen LogP) is 5.27. The van der Waals surface area contributed by atoms with Crippen molar-refractivity contribution in [3.63, 3.8) is 0 Å². The Bertz CT molecular complexity index is 1940. The van der Waals surface area contributed by atoms with Crippen molar-refractivity contribution in [2.45, 2.75) is 32.3 Å². The number of fused-ring (bicyclic) bond motifs is 1. The summed E-state index contributed by atoms with van der Waals surface area (Å²) in [5, 5.41) is 18.4. The number of hydrogen-bond donors (Lipinski definition) is 2. The van der Waals surface area contributed by atoms with Crippen LogP contribution in [-0.4, -0.2) is 51.7 Å². The Morgan fingerprint density at radius 3 is 2.58 bits per heavy atom. The molecule has 1 fully saturated rings. The lowest BCUT2D eigenvalue weighted by Gasteiger charge is -2.22. The Balaban J connectivity index is 1.08. The van der Waals surface area contributed by atoms with Gasteiger partial charge in [-0.05, 0) is 61.4 Å². The van der Waals surface area contributed by atoms with Crippen molar-refractivity contribution in [3.8, 4) is 17.5 Å². The molecule has 13 heteroatoms. The van der Waals surface area contributed by atoms with Gasteiger partial charge in [-0.3, -0.25) is 14.5 Å². The summed E-state index contributed by atoms with van der Waals surface area (Å²) < 4.78 is 16.5. The van der Waals surface area contributed by atoms with E-state index in [1.807, 2.05) is 19.9 Å². The molecule has 226 valence electrons. The van der Waals surface area contributed by atoms with Crippen LogP contribution < -0.4 is 15.5 Å². The number of cyclic esters (lactones) is 1. The van der Waals surface area contributed by atoms with E-state index in [-0.39, 0.29) is 30.7 Å². The number of pyridine rings is 1. The number of carbonyl (C=O) groups is 3. The van der Waals surface area contributed by atoms with Gasteiger partial charge in [-0.2, -0.15) is 5.26 Å². The molecule has 1 saturated heterocycles. The summed E-state index contributed by atoms with van der Waals surface area (Å²) in [6.45, 7) is 5.97. The van der Waals surface area contributed by atoms with Crippen LogP contribution in [-0.2, 0) is 4.74 Å². The molecule has 1 aliphatic rings. The van der Waals surface area contributed by atoms with Gasteiger partial charge in [0.15, 0.2) is 5.58 Å². The predicted molar refractivity (Wildman–Crippen MR) is 162 cm³/mol. The van der Waals surface area contributed by atoms with E-state index in [1.54, 1.807) is 49.4 Å². The lowest BCUT2D eigenvalue weighted by atomic mass is 10.00. The minimum atomic E-state index is -1.01. The van der Waals surface area contributed by atoms with Crippen molar-refractivity contribution in [2.24, 2.45) is 0 Å². The molecule has 13 nitrogen and oxygen atoms in total. The van der Waals surface area contributed by atoms with Gasteiger partial charge >= 0.3 is 6.09 Å². The van der Waals surface area contributed by atoms with Gasteiger partial charge in [0.1, 0.15) is 16.9 Å². The molecule has 3 aromatic heterocycles. The minimum absolute atomic E-state index is 0.0512. The number of rotatable bonds is 8. The summed E-state index contributed by atoms with van der Waals surface area (Å²) in [6, 6.07) is 17.1. The van der Waals surface area contributed by atoms with Crippen molar-refractivity contribution in [1.29, 1.82) is 5.26 Å². The van der Waals surface area contributed by atoms with Crippen LogP contribution in [0.5, 0.6) is 0 Å². The number of amides is 3. The van der Waals surface area contributed by atoms with Gasteiger partial charge in [-0.25, -0.2) is 14.8 Å². The maximum Gasteiger partial charge on any atom is 0.416 e. The average Bonchev–Trinajstić information content (AvgIpc) is 3.79. The molecule has 2 aromatic carbocycles. The van der Waals surface area contributed by atoms with E-state index in [9.17, 15) is 19.6 Å². The Hall–Kier alpha value is -6.03. The maximum absolute atomic E-state index is 13.0. The van der Waals surface area contributed by atoms with Crippen LogP contribution in [0.3, 0.4) is 0 Å². The van der Waals surface area contributed by atoms with Crippen LogP contribution in [0.1, 0.15) is 58.7 Å². The Morgan fingerprint density at radius 1 is 1.11 bits per heavy atom. The molecule has 5 aromatic rings. The molecule has 0 bridgehead atoms. The molecule has 0 spiro atoms. The molecule has 6 rings (SSSR count). The Morgan fingerprint density at radius 2 is 1.91 bits per heavy atom. The van der Waals surface area contributed by atoms with Crippen molar-refractivity contribution in [2.75, 3.05) is 23.3 Å². The topological polar surface area (TPSA) is 176 Å². The third-order valence-electron chi connectivity index (χ3n) is 7.28. The second-order valence-corrected chi connectivity index (χ2v) is 11.1. The summed E-state index contributed by atoms with van der Waals surface area (Å²) >= 11 is 0. The van der Waals surface area contributed by atoms with E-state index in [0.717, 1.165) is 5.56 Å². The first kappa shape index (κ1) is 29.1. The first-order chi connectivity index (χ1) is 21.6. The molecule has 0 aliphatic carbocycles. The lowest BCUT2D eigenvalue weighted by Crippen LogP contribution is -2.43. The number of oxazole rings is 1. The monoisotopic (exact) mass is 605 g/mol. The number of anilines is 2. The van der Waals surface area contributed by atoms with E-state index in [4.69, 9.17) is 13.7 Å². The SMILES string of the molecule is CC(C)c1cc(C#N)cc2nc(-c3ccc(C(=O)NCC4(C)CN(c5ccc(NC(=O)c6ccno6)cn5)C(=O)O4)cc3)oc12. The third-order valence-corrected chi connectivity index (χ3v) is 7.28. The molecule has 1 atom stereocenters. The molecule has 1 unspecified atom stereocenters. The van der Waals surface area contributed by atoms with Gasteiger partial charge in [-0.15, -0.1) is 0 Å². The summed E-state index contributed by atoms with van der Waals surface area (Å²) in [5.41, 5.74) is 3.12. The average molecular weight is 606 g/mol. The van der Waals surface area contributed by atoms with Gasteiger partial charge in [0.05, 0.1) is 42.8 Å². The van der Waals surface area contributed by atoms with E-state index in [1.165, 1.54) is 23.4 Å². The Labute approximate surface area is 256 Å². The van der Waals surface area contributed by atoms with Crippen molar-refractivity contribution < 1.29 is 28.1 Å². The Kier molecular flexibility index (Phi) is 7.47. The highest BCUT2D eigenvalue weighted by atomic mass is 16.6. The highest BCUT2D eigenvalue weighted by molar-refractivity contribution is 6.02. The number of hydrogen-bond acceptors (Lipinski definition) is 10. The number of carbonyl (C=O) groups excluding carboxylic acids is 3. The second kappa shape index (κ2) is 11.6. The fourth-order valence-corrected chi connectivity index (χ4v) is 4.92. The number of ether oxygens (including phenoxy) is 1. The second-order valence-electron chi connectivity index (χ2n) is 11.1. The molecule has 1 aliphatic heterocycles. The van der Waals surface area contributed by atoms with E-state index in [2.05, 4.69) is 31.8 Å². The summed E-state index contributed by atoms with van der Waals surface area (Å²) in [7, 11) is 0. The van der Waals surface area contributed by atoms with Gasteiger partial charge in [-0.1, -0.05) is 19.0 Å². The van der Waals surface area contributed by atoms with Gasteiger partial charge < -0.3 is 24.3 Å². The zero-order chi connectivity index (χ0) is 31.7. The molecule has 4 heterocycles. The van der Waals surface area contributed by atoms with Crippen LogP contribution in [0.2, 0.25) is 0 Å². The van der Waals surface area contributed by atoms with E-state index < -0.39 is 17.6 Å². The number of nitrogens with zero attached hydrogens (tertiary/aromatic N) is 5. The van der Waals surface area contributed by atoms with Gasteiger partial charge in [0.2, 0.25) is 11.7 Å². The van der Waals surface area contributed by atoms with Crippen LogP contribution in [0.4, 0.5) is 16.3 Å². The zero-order valence-corrected chi connectivity index (χ0v) is 24.5. The lowest BCUT2D eigenvalue weighted by molar-refractivity contribution is 0.0653. The molecular formula is C32H27N7O6. The highest BCUT2D eigenvalue weighted by Gasteiger charge is 2.43. The van der Waals surface area contributed by atoms with Crippen LogP contribution in [0.25, 0.3) is 22.6 Å². The number of nitriles is 1. The number of aromatic nitrogens is 3. The molecule has 2 N–H and O–H groups in total. The molecule has 3 amide bonds. The summed E-state index contributed by atoms with van der Waals surface area (Å²) in [5.74, 6) is 0.0753. The largest absolute Gasteiger partial charge is 0.439 e. The quantitative estimate of drug-likeness (QED) is 0.237. The van der Waals surface area contributed by atoms with Crippen LogP contribution in [0, 0.1) is 11.3 Å². The number of benzene rings is 2. The van der Waals surface area contributed by atoms with Crippen LogP contribution in [0.15, 0.2) is 75.9 Å². The normalized spacial score (nSPS) is 16.1.